The van der Waals surface area contributed by atoms with Crippen LogP contribution in [0.15, 0.2) is 24.3 Å². The molecule has 122 valence electrons. The molecular formula is C15H21FN2O3S. The monoisotopic (exact) mass is 328 g/mol. The molecule has 22 heavy (non-hydrogen) atoms. The van der Waals surface area contributed by atoms with Gasteiger partial charge in [-0.3, -0.25) is 9.35 Å². The molecule has 2 rings (SSSR count). The molecule has 0 radical (unpaired) electrons. The average molecular weight is 328 g/mol. The predicted octanol–water partition coefficient (Wildman–Crippen LogP) is 2.29. The van der Waals surface area contributed by atoms with Crippen LogP contribution < -0.4 is 10.0 Å². The van der Waals surface area contributed by atoms with Crippen LogP contribution in [0, 0.1) is 11.7 Å². The molecule has 1 aromatic rings. The Bertz CT molecular complexity index is 530. The lowest BCUT2D eigenvalue weighted by Gasteiger charge is -2.28. The molecule has 1 amide bonds. The van der Waals surface area contributed by atoms with Crippen LogP contribution in [-0.4, -0.2) is 20.7 Å². The van der Waals surface area contributed by atoms with Crippen molar-refractivity contribution < 1.29 is 17.9 Å². The third kappa shape index (κ3) is 4.86. The number of amides is 1. The van der Waals surface area contributed by atoms with Crippen molar-refractivity contribution in [3.05, 3.63) is 35.6 Å². The second-order valence-corrected chi connectivity index (χ2v) is 6.43. The highest BCUT2D eigenvalue weighted by Gasteiger charge is 2.27. The van der Waals surface area contributed by atoms with E-state index < -0.39 is 11.3 Å². The summed E-state index contributed by atoms with van der Waals surface area (Å²) in [6.45, 7) is 1.87. The molecule has 1 aliphatic carbocycles. The molecule has 1 unspecified atom stereocenters. The zero-order chi connectivity index (χ0) is 16.1. The van der Waals surface area contributed by atoms with Gasteiger partial charge in [0.15, 0.2) is 0 Å². The van der Waals surface area contributed by atoms with Crippen LogP contribution in [0.3, 0.4) is 0 Å². The van der Waals surface area contributed by atoms with Gasteiger partial charge < -0.3 is 5.32 Å². The van der Waals surface area contributed by atoms with Gasteiger partial charge >= 0.3 is 0 Å². The normalized spacial score (nSPS) is 24.5. The molecule has 1 fully saturated rings. The van der Waals surface area contributed by atoms with Gasteiger partial charge in [-0.1, -0.05) is 12.1 Å². The van der Waals surface area contributed by atoms with Crippen LogP contribution in [0.1, 0.15) is 44.2 Å². The molecule has 0 bridgehead atoms. The van der Waals surface area contributed by atoms with E-state index in [2.05, 4.69) is 10.0 Å². The minimum atomic E-state index is -2.00. The second-order valence-electron chi connectivity index (χ2n) is 5.70. The molecular weight excluding hydrogens is 307 g/mol. The minimum Gasteiger partial charge on any atom is -0.349 e. The molecule has 1 saturated carbocycles. The van der Waals surface area contributed by atoms with Crippen molar-refractivity contribution in [3.8, 4) is 0 Å². The van der Waals surface area contributed by atoms with E-state index in [4.69, 9.17) is 4.55 Å². The summed E-state index contributed by atoms with van der Waals surface area (Å²) in [6.07, 6.45) is 2.79. The van der Waals surface area contributed by atoms with Gasteiger partial charge in [-0.15, -0.1) is 0 Å². The lowest BCUT2D eigenvalue weighted by atomic mass is 9.85. The van der Waals surface area contributed by atoms with E-state index in [-0.39, 0.29) is 29.7 Å². The molecule has 7 heteroatoms. The number of nitrogens with one attached hydrogen (secondary N) is 2. The van der Waals surface area contributed by atoms with Gasteiger partial charge in [0.05, 0.1) is 6.04 Å². The molecule has 0 spiro atoms. The van der Waals surface area contributed by atoms with Crippen molar-refractivity contribution in [3.63, 3.8) is 0 Å². The van der Waals surface area contributed by atoms with Gasteiger partial charge in [0.1, 0.15) is 5.82 Å². The van der Waals surface area contributed by atoms with Crippen molar-refractivity contribution in [2.75, 3.05) is 0 Å². The minimum absolute atomic E-state index is 0.00981. The van der Waals surface area contributed by atoms with Crippen LogP contribution in [0.25, 0.3) is 0 Å². The summed E-state index contributed by atoms with van der Waals surface area (Å²) in [4.78, 5) is 12.3. The maximum absolute atomic E-state index is 12.9. The smallest absolute Gasteiger partial charge is 0.231 e. The van der Waals surface area contributed by atoms with Crippen molar-refractivity contribution in [2.45, 2.75) is 44.7 Å². The van der Waals surface area contributed by atoms with Crippen LogP contribution in [0.2, 0.25) is 0 Å². The van der Waals surface area contributed by atoms with Crippen LogP contribution in [-0.2, 0) is 16.1 Å². The Morgan fingerprint density at radius 1 is 1.27 bits per heavy atom. The molecule has 0 aromatic heterocycles. The zero-order valence-electron chi connectivity index (χ0n) is 12.4. The number of hydrogen-bond donors (Lipinski definition) is 3. The Morgan fingerprint density at radius 3 is 2.41 bits per heavy atom. The summed E-state index contributed by atoms with van der Waals surface area (Å²) >= 11 is -2.00. The first kappa shape index (κ1) is 17.1. The van der Waals surface area contributed by atoms with Crippen LogP contribution in [0.4, 0.5) is 4.39 Å². The fourth-order valence-electron chi connectivity index (χ4n) is 2.78. The summed E-state index contributed by atoms with van der Waals surface area (Å²) in [5.41, 5.74) is 0.862. The third-order valence-electron chi connectivity index (χ3n) is 4.09. The van der Waals surface area contributed by atoms with E-state index in [1.807, 2.05) is 6.92 Å². The number of carbonyl (C=O) groups is 1. The van der Waals surface area contributed by atoms with E-state index in [0.29, 0.717) is 25.7 Å². The van der Waals surface area contributed by atoms with Crippen LogP contribution >= 0.6 is 0 Å². The molecule has 3 N–H and O–H groups in total. The Morgan fingerprint density at radius 2 is 1.86 bits per heavy atom. The van der Waals surface area contributed by atoms with Gasteiger partial charge in [-0.25, -0.2) is 13.3 Å². The molecule has 1 aromatic carbocycles. The van der Waals surface area contributed by atoms with Crippen molar-refractivity contribution in [1.82, 2.24) is 10.0 Å². The van der Waals surface area contributed by atoms with Crippen molar-refractivity contribution in [1.29, 1.82) is 0 Å². The first-order chi connectivity index (χ1) is 10.5. The van der Waals surface area contributed by atoms with E-state index in [9.17, 15) is 13.4 Å². The van der Waals surface area contributed by atoms with Crippen molar-refractivity contribution in [2.24, 2.45) is 5.92 Å². The number of carbonyl (C=O) groups excluding carboxylic acids is 1. The predicted molar refractivity (Wildman–Crippen MR) is 82.6 cm³/mol. The zero-order valence-corrected chi connectivity index (χ0v) is 13.2. The Kier molecular flexibility index (Phi) is 6.05. The Labute approximate surface area is 132 Å². The maximum Gasteiger partial charge on any atom is 0.231 e. The molecule has 1 aliphatic rings. The van der Waals surface area contributed by atoms with Gasteiger partial charge in [0, 0.05) is 12.0 Å². The summed E-state index contributed by atoms with van der Waals surface area (Å²) in [5, 5.41) is 2.95. The fourth-order valence-corrected chi connectivity index (χ4v) is 3.30. The molecule has 5 nitrogen and oxygen atoms in total. The number of halogens is 1. The maximum atomic E-state index is 12.9. The standard InChI is InChI=1S/C15H21FN2O3S/c1-10(11-2-6-13(16)7-3-11)17-15(19)12-4-8-14(9-5-12)18-22(20)21/h2-3,6-7,10,12,14,18H,4-5,8-9H2,1H3,(H,17,19)(H,20,21)/t10-,12?,14?/m1/s1. The fraction of sp³-hybridized carbons (Fsp3) is 0.533. The third-order valence-corrected chi connectivity index (χ3v) is 4.63. The van der Waals surface area contributed by atoms with E-state index in [1.165, 1.54) is 12.1 Å². The van der Waals surface area contributed by atoms with Gasteiger partial charge in [-0.2, -0.15) is 0 Å². The largest absolute Gasteiger partial charge is 0.349 e. The molecule has 2 atom stereocenters. The highest BCUT2D eigenvalue weighted by molar-refractivity contribution is 7.77. The van der Waals surface area contributed by atoms with E-state index >= 15 is 0 Å². The van der Waals surface area contributed by atoms with E-state index in [0.717, 1.165) is 5.56 Å². The highest BCUT2D eigenvalue weighted by atomic mass is 32.2. The molecule has 0 saturated heterocycles. The number of benzene rings is 1. The van der Waals surface area contributed by atoms with Gasteiger partial charge in [0.25, 0.3) is 0 Å². The second kappa shape index (κ2) is 7.80. The Balaban J connectivity index is 1.83. The number of rotatable bonds is 5. The Hall–Kier alpha value is -1.31. The SMILES string of the molecule is C[C@@H](NC(=O)C1CCC(NS(=O)O)CC1)c1ccc(F)cc1. The van der Waals surface area contributed by atoms with Crippen LogP contribution in [0.5, 0.6) is 0 Å². The summed E-state index contributed by atoms with van der Waals surface area (Å²) in [5.74, 6) is -0.386. The summed E-state index contributed by atoms with van der Waals surface area (Å²) in [6, 6.07) is 5.90. The summed E-state index contributed by atoms with van der Waals surface area (Å²) < 4.78 is 35.0. The lowest BCUT2D eigenvalue weighted by molar-refractivity contribution is -0.126. The number of hydrogen-bond acceptors (Lipinski definition) is 2. The average Bonchev–Trinajstić information content (AvgIpc) is 2.48. The van der Waals surface area contributed by atoms with E-state index in [1.54, 1.807) is 12.1 Å². The quantitative estimate of drug-likeness (QED) is 0.726. The molecule has 0 aliphatic heterocycles. The van der Waals surface area contributed by atoms with Gasteiger partial charge in [0.2, 0.25) is 17.2 Å². The van der Waals surface area contributed by atoms with Gasteiger partial charge in [-0.05, 0) is 50.3 Å². The first-order valence-electron chi connectivity index (χ1n) is 7.38. The lowest BCUT2D eigenvalue weighted by Crippen LogP contribution is -2.39. The topological polar surface area (TPSA) is 78.4 Å². The highest BCUT2D eigenvalue weighted by Crippen LogP contribution is 2.25. The first-order valence-corrected chi connectivity index (χ1v) is 8.49. The summed E-state index contributed by atoms with van der Waals surface area (Å²) in [7, 11) is 0. The molecule has 0 heterocycles. The van der Waals surface area contributed by atoms with Crippen molar-refractivity contribution >= 4 is 17.2 Å².